The first-order chi connectivity index (χ1) is 11.4. The van der Waals surface area contributed by atoms with Crippen LogP contribution in [0.15, 0.2) is 42.5 Å². The molecule has 1 amide bonds. The molecule has 0 bridgehead atoms. The summed E-state index contributed by atoms with van der Waals surface area (Å²) in [7, 11) is 0. The second kappa shape index (κ2) is 7.95. The van der Waals surface area contributed by atoms with Gasteiger partial charge in [0.25, 0.3) is 5.91 Å². The Hall–Kier alpha value is -2.36. The van der Waals surface area contributed by atoms with Crippen LogP contribution in [0.2, 0.25) is 0 Å². The molecule has 0 saturated heterocycles. The summed E-state index contributed by atoms with van der Waals surface area (Å²) in [6.45, 7) is 7.78. The van der Waals surface area contributed by atoms with Gasteiger partial charge in [-0.25, -0.2) is 4.39 Å². The van der Waals surface area contributed by atoms with Gasteiger partial charge in [0.05, 0.1) is 6.04 Å². The molecule has 2 aromatic rings. The Morgan fingerprint density at radius 3 is 2.25 bits per heavy atom. The van der Waals surface area contributed by atoms with Gasteiger partial charge in [0.15, 0.2) is 6.10 Å². The van der Waals surface area contributed by atoms with Crippen molar-refractivity contribution in [2.45, 2.75) is 46.3 Å². The highest BCUT2D eigenvalue weighted by Gasteiger charge is 2.21. The molecule has 0 radical (unpaired) electrons. The normalized spacial score (nSPS) is 13.2. The lowest BCUT2D eigenvalue weighted by molar-refractivity contribution is -0.128. The highest BCUT2D eigenvalue weighted by molar-refractivity contribution is 5.81. The number of ether oxygens (including phenoxy) is 1. The van der Waals surface area contributed by atoms with Gasteiger partial charge in [-0.05, 0) is 68.1 Å². The van der Waals surface area contributed by atoms with E-state index in [2.05, 4.69) is 11.4 Å². The van der Waals surface area contributed by atoms with E-state index in [1.165, 1.54) is 12.1 Å². The average Bonchev–Trinajstić information content (AvgIpc) is 2.52. The molecule has 2 rings (SSSR count). The van der Waals surface area contributed by atoms with Crippen molar-refractivity contribution in [2.24, 2.45) is 0 Å². The van der Waals surface area contributed by atoms with Gasteiger partial charge in [-0.1, -0.05) is 25.1 Å². The van der Waals surface area contributed by atoms with E-state index in [1.54, 1.807) is 12.1 Å². The summed E-state index contributed by atoms with van der Waals surface area (Å²) in [6, 6.07) is 11.8. The molecular formula is C20H24FNO2. The van der Waals surface area contributed by atoms with E-state index in [1.807, 2.05) is 39.8 Å². The fourth-order valence-corrected chi connectivity index (χ4v) is 2.63. The molecule has 0 unspecified atom stereocenters. The number of rotatable bonds is 6. The zero-order chi connectivity index (χ0) is 17.7. The highest BCUT2D eigenvalue weighted by atomic mass is 19.1. The largest absolute Gasteiger partial charge is 0.481 e. The molecule has 128 valence electrons. The molecule has 0 heterocycles. The quantitative estimate of drug-likeness (QED) is 0.849. The fourth-order valence-electron chi connectivity index (χ4n) is 2.63. The van der Waals surface area contributed by atoms with Gasteiger partial charge in [-0.2, -0.15) is 0 Å². The van der Waals surface area contributed by atoms with Gasteiger partial charge in [0.1, 0.15) is 11.6 Å². The van der Waals surface area contributed by atoms with Crippen molar-refractivity contribution in [1.82, 2.24) is 5.32 Å². The smallest absolute Gasteiger partial charge is 0.261 e. The van der Waals surface area contributed by atoms with Crippen LogP contribution >= 0.6 is 0 Å². The number of halogens is 1. The number of hydrogen-bond acceptors (Lipinski definition) is 2. The lowest BCUT2D eigenvalue weighted by Crippen LogP contribution is -2.39. The summed E-state index contributed by atoms with van der Waals surface area (Å²) in [5.41, 5.74) is 3.05. The van der Waals surface area contributed by atoms with E-state index in [4.69, 9.17) is 4.74 Å². The maximum absolute atomic E-state index is 13.0. The third kappa shape index (κ3) is 4.82. The molecule has 0 spiro atoms. The second-order valence-electron chi connectivity index (χ2n) is 6.12. The summed E-state index contributed by atoms with van der Waals surface area (Å²) >= 11 is 0. The maximum Gasteiger partial charge on any atom is 0.261 e. The lowest BCUT2D eigenvalue weighted by atomic mass is 10.1. The molecule has 4 heteroatoms. The van der Waals surface area contributed by atoms with Crippen molar-refractivity contribution in [2.75, 3.05) is 0 Å². The summed E-state index contributed by atoms with van der Waals surface area (Å²) in [4.78, 5) is 12.5. The first kappa shape index (κ1) is 18.0. The van der Waals surface area contributed by atoms with E-state index < -0.39 is 6.10 Å². The predicted molar refractivity (Wildman–Crippen MR) is 93.6 cm³/mol. The molecular weight excluding hydrogens is 305 g/mol. The van der Waals surface area contributed by atoms with Crippen LogP contribution in [0.1, 0.15) is 43.0 Å². The standard InChI is InChI=1S/C20H24FNO2/c1-5-19(24-18-11-13(2)10-14(3)12-18)20(23)22-15(4)16-6-8-17(21)9-7-16/h6-12,15,19H,5H2,1-4H3,(H,22,23)/t15-,19+/m1/s1. The van der Waals surface area contributed by atoms with Gasteiger partial charge < -0.3 is 10.1 Å². The SMILES string of the molecule is CC[C@H](Oc1cc(C)cc(C)c1)C(=O)N[C@H](C)c1ccc(F)cc1. The van der Waals surface area contributed by atoms with Gasteiger partial charge in [0, 0.05) is 0 Å². The average molecular weight is 329 g/mol. The number of carbonyl (C=O) groups excluding carboxylic acids is 1. The predicted octanol–water partition coefficient (Wildman–Crippen LogP) is 4.48. The Kier molecular flexibility index (Phi) is 5.96. The minimum atomic E-state index is -0.561. The van der Waals surface area contributed by atoms with Crippen LogP contribution in [0.4, 0.5) is 4.39 Å². The molecule has 0 saturated carbocycles. The number of nitrogens with one attached hydrogen (secondary N) is 1. The summed E-state index contributed by atoms with van der Waals surface area (Å²) < 4.78 is 18.9. The third-order valence-corrected chi connectivity index (χ3v) is 3.87. The Morgan fingerprint density at radius 1 is 1.12 bits per heavy atom. The number of carbonyl (C=O) groups is 1. The van der Waals surface area contributed by atoms with E-state index in [0.717, 1.165) is 16.7 Å². The zero-order valence-electron chi connectivity index (χ0n) is 14.6. The minimum absolute atomic E-state index is 0.173. The van der Waals surface area contributed by atoms with Crippen molar-refractivity contribution >= 4 is 5.91 Å². The Morgan fingerprint density at radius 2 is 1.71 bits per heavy atom. The monoisotopic (exact) mass is 329 g/mol. The molecule has 2 aromatic carbocycles. The number of hydrogen-bond donors (Lipinski definition) is 1. The molecule has 0 aliphatic carbocycles. The van der Waals surface area contributed by atoms with E-state index in [0.29, 0.717) is 12.2 Å². The van der Waals surface area contributed by atoms with Crippen molar-refractivity contribution in [3.05, 3.63) is 65.0 Å². The van der Waals surface area contributed by atoms with Gasteiger partial charge in [0.2, 0.25) is 0 Å². The van der Waals surface area contributed by atoms with Crippen LogP contribution in [0.3, 0.4) is 0 Å². The third-order valence-electron chi connectivity index (χ3n) is 3.87. The van der Waals surface area contributed by atoms with Crippen LogP contribution in [-0.2, 0) is 4.79 Å². The molecule has 3 nitrogen and oxygen atoms in total. The summed E-state index contributed by atoms with van der Waals surface area (Å²) in [6.07, 6.45) is 0.00343. The van der Waals surface area contributed by atoms with Crippen LogP contribution in [-0.4, -0.2) is 12.0 Å². The van der Waals surface area contributed by atoms with Gasteiger partial charge in [-0.3, -0.25) is 4.79 Å². The van der Waals surface area contributed by atoms with Crippen molar-refractivity contribution in [1.29, 1.82) is 0 Å². The van der Waals surface area contributed by atoms with Gasteiger partial charge >= 0.3 is 0 Å². The molecule has 0 aromatic heterocycles. The van der Waals surface area contributed by atoms with Crippen molar-refractivity contribution in [3.8, 4) is 5.75 Å². The summed E-state index contributed by atoms with van der Waals surface area (Å²) in [5, 5.41) is 2.93. The van der Waals surface area contributed by atoms with E-state index in [9.17, 15) is 9.18 Å². The van der Waals surface area contributed by atoms with Crippen molar-refractivity contribution < 1.29 is 13.9 Å². The molecule has 1 N–H and O–H groups in total. The maximum atomic E-state index is 13.0. The van der Waals surface area contributed by atoms with Crippen molar-refractivity contribution in [3.63, 3.8) is 0 Å². The lowest BCUT2D eigenvalue weighted by Gasteiger charge is -2.21. The van der Waals surface area contributed by atoms with E-state index in [-0.39, 0.29) is 17.8 Å². The highest BCUT2D eigenvalue weighted by Crippen LogP contribution is 2.19. The zero-order valence-corrected chi connectivity index (χ0v) is 14.6. The first-order valence-electron chi connectivity index (χ1n) is 8.20. The molecule has 0 fully saturated rings. The topological polar surface area (TPSA) is 38.3 Å². The molecule has 0 aliphatic heterocycles. The Labute approximate surface area is 142 Å². The summed E-state index contributed by atoms with van der Waals surface area (Å²) in [5.74, 6) is 0.235. The Balaban J connectivity index is 2.04. The van der Waals surface area contributed by atoms with Crippen LogP contribution in [0.25, 0.3) is 0 Å². The molecule has 24 heavy (non-hydrogen) atoms. The molecule has 0 aliphatic rings. The number of aryl methyl sites for hydroxylation is 2. The van der Waals surface area contributed by atoms with Crippen LogP contribution < -0.4 is 10.1 Å². The van der Waals surface area contributed by atoms with E-state index >= 15 is 0 Å². The van der Waals surface area contributed by atoms with Crippen LogP contribution in [0.5, 0.6) is 5.75 Å². The Bertz CT molecular complexity index is 677. The molecule has 2 atom stereocenters. The van der Waals surface area contributed by atoms with Crippen LogP contribution in [0, 0.1) is 19.7 Å². The van der Waals surface area contributed by atoms with Gasteiger partial charge in [-0.15, -0.1) is 0 Å². The first-order valence-corrected chi connectivity index (χ1v) is 8.20. The fraction of sp³-hybridized carbons (Fsp3) is 0.350. The second-order valence-corrected chi connectivity index (χ2v) is 6.12. The minimum Gasteiger partial charge on any atom is -0.481 e. The number of amides is 1. The number of benzene rings is 2.